The molecule has 5 heteroatoms. The lowest BCUT2D eigenvalue weighted by Gasteiger charge is -2.19. The zero-order valence-electron chi connectivity index (χ0n) is 14.9. The van der Waals surface area contributed by atoms with Crippen molar-refractivity contribution in [3.05, 3.63) is 59.9 Å². The maximum atomic E-state index is 13.4. The summed E-state index contributed by atoms with van der Waals surface area (Å²) >= 11 is 0. The molecule has 0 aliphatic carbocycles. The fourth-order valence-electron chi connectivity index (χ4n) is 2.24. The van der Waals surface area contributed by atoms with Crippen LogP contribution < -0.4 is 15.4 Å². The Bertz CT molecular complexity index is 694. The first-order chi connectivity index (χ1) is 11.9. The van der Waals surface area contributed by atoms with Crippen molar-refractivity contribution in [2.24, 2.45) is 0 Å². The van der Waals surface area contributed by atoms with Crippen LogP contribution in [0.2, 0.25) is 0 Å². The maximum Gasteiger partial charge on any atom is 0.319 e. The van der Waals surface area contributed by atoms with E-state index in [1.54, 1.807) is 12.1 Å². The predicted molar refractivity (Wildman–Crippen MR) is 98.7 cm³/mol. The van der Waals surface area contributed by atoms with Crippen LogP contribution in [0, 0.1) is 5.82 Å². The number of benzene rings is 2. The number of hydrogen-bond acceptors (Lipinski definition) is 2. The Balaban J connectivity index is 1.66. The molecule has 134 valence electrons. The molecule has 25 heavy (non-hydrogen) atoms. The molecule has 0 saturated heterocycles. The van der Waals surface area contributed by atoms with Crippen LogP contribution in [0.5, 0.6) is 5.75 Å². The molecule has 2 rings (SSSR count). The van der Waals surface area contributed by atoms with E-state index in [-0.39, 0.29) is 11.1 Å². The summed E-state index contributed by atoms with van der Waals surface area (Å²) in [5.41, 5.74) is 1.54. The Hall–Kier alpha value is -2.56. The normalized spacial score (nSPS) is 11.0. The van der Waals surface area contributed by atoms with Gasteiger partial charge in [-0.2, -0.15) is 0 Å². The van der Waals surface area contributed by atoms with E-state index >= 15 is 0 Å². The molecule has 0 heterocycles. The summed E-state index contributed by atoms with van der Waals surface area (Å²) in [6, 6.07) is 13.7. The molecule has 0 atom stereocenters. The highest BCUT2D eigenvalue weighted by atomic mass is 19.1. The van der Waals surface area contributed by atoms with Crippen LogP contribution in [0.1, 0.15) is 32.8 Å². The van der Waals surface area contributed by atoms with Gasteiger partial charge in [-0.15, -0.1) is 0 Å². The standard InChI is InChI=1S/C20H25FN2O2/c1-20(2,3)15-9-11-16(12-10-15)25-14-6-13-22-19(24)23-18-8-5-4-7-17(18)21/h4-5,7-12H,6,13-14H2,1-3H3,(H2,22,23,24). The lowest BCUT2D eigenvalue weighted by Crippen LogP contribution is -2.30. The van der Waals surface area contributed by atoms with Crippen LogP contribution in [0.15, 0.2) is 48.5 Å². The molecule has 2 amide bonds. The molecule has 4 nitrogen and oxygen atoms in total. The highest BCUT2D eigenvalue weighted by Crippen LogP contribution is 2.24. The summed E-state index contributed by atoms with van der Waals surface area (Å²) in [7, 11) is 0. The summed E-state index contributed by atoms with van der Waals surface area (Å²) in [6.45, 7) is 7.44. The van der Waals surface area contributed by atoms with E-state index in [0.717, 1.165) is 5.75 Å². The van der Waals surface area contributed by atoms with E-state index in [1.165, 1.54) is 17.7 Å². The largest absolute Gasteiger partial charge is 0.494 e. The second-order valence-electron chi connectivity index (χ2n) is 6.84. The molecule has 2 aromatic rings. The van der Waals surface area contributed by atoms with Crippen molar-refractivity contribution < 1.29 is 13.9 Å². The van der Waals surface area contributed by atoms with Crippen LogP contribution in [0.25, 0.3) is 0 Å². The number of nitrogens with one attached hydrogen (secondary N) is 2. The minimum atomic E-state index is -0.459. The Morgan fingerprint density at radius 3 is 2.40 bits per heavy atom. The molecule has 0 saturated carbocycles. The topological polar surface area (TPSA) is 50.4 Å². The molecule has 2 N–H and O–H groups in total. The number of rotatable bonds is 6. The van der Waals surface area contributed by atoms with E-state index in [2.05, 4.69) is 43.5 Å². The van der Waals surface area contributed by atoms with Gasteiger partial charge in [-0.25, -0.2) is 9.18 Å². The highest BCUT2D eigenvalue weighted by Gasteiger charge is 2.12. The van der Waals surface area contributed by atoms with Crippen molar-refractivity contribution in [3.8, 4) is 5.75 Å². The monoisotopic (exact) mass is 344 g/mol. The third-order valence-corrected chi connectivity index (χ3v) is 3.72. The van der Waals surface area contributed by atoms with Crippen LogP contribution >= 0.6 is 0 Å². The zero-order valence-corrected chi connectivity index (χ0v) is 14.9. The molecule has 0 aromatic heterocycles. The summed E-state index contributed by atoms with van der Waals surface area (Å²) in [5, 5.41) is 5.15. The van der Waals surface area contributed by atoms with Crippen LogP contribution in [0.3, 0.4) is 0 Å². The number of amides is 2. The summed E-state index contributed by atoms with van der Waals surface area (Å²) in [4.78, 5) is 11.7. The van der Waals surface area contributed by atoms with Gasteiger partial charge < -0.3 is 15.4 Å². The molecular weight excluding hydrogens is 319 g/mol. The third-order valence-electron chi connectivity index (χ3n) is 3.72. The smallest absolute Gasteiger partial charge is 0.319 e. The first-order valence-corrected chi connectivity index (χ1v) is 8.39. The van der Waals surface area contributed by atoms with E-state index in [0.29, 0.717) is 19.6 Å². The average Bonchev–Trinajstić information content (AvgIpc) is 2.56. The molecule has 0 fully saturated rings. The van der Waals surface area contributed by atoms with Crippen molar-refractivity contribution in [1.29, 1.82) is 0 Å². The first kappa shape index (κ1) is 18.8. The lowest BCUT2D eigenvalue weighted by atomic mass is 9.87. The van der Waals surface area contributed by atoms with Gasteiger partial charge in [-0.1, -0.05) is 45.0 Å². The van der Waals surface area contributed by atoms with Crippen molar-refractivity contribution in [2.75, 3.05) is 18.5 Å². The Kier molecular flexibility index (Phi) is 6.39. The van der Waals surface area contributed by atoms with Crippen LogP contribution in [0.4, 0.5) is 14.9 Å². The minimum absolute atomic E-state index is 0.119. The Morgan fingerprint density at radius 1 is 1.08 bits per heavy atom. The second-order valence-corrected chi connectivity index (χ2v) is 6.84. The van der Waals surface area contributed by atoms with Gasteiger partial charge in [0.05, 0.1) is 12.3 Å². The number of carbonyl (C=O) groups excluding carboxylic acids is 1. The second kappa shape index (κ2) is 8.51. The number of halogens is 1. The van der Waals surface area contributed by atoms with Gasteiger partial charge in [0.25, 0.3) is 0 Å². The quantitative estimate of drug-likeness (QED) is 0.745. The van der Waals surface area contributed by atoms with Crippen molar-refractivity contribution in [1.82, 2.24) is 5.32 Å². The molecule has 2 aromatic carbocycles. The van der Waals surface area contributed by atoms with Gasteiger partial charge in [0.1, 0.15) is 11.6 Å². The highest BCUT2D eigenvalue weighted by molar-refractivity contribution is 5.89. The number of urea groups is 1. The zero-order chi connectivity index (χ0) is 18.3. The molecule has 0 radical (unpaired) electrons. The number of hydrogen-bond donors (Lipinski definition) is 2. The fraction of sp³-hybridized carbons (Fsp3) is 0.350. The van der Waals surface area contributed by atoms with Gasteiger partial charge >= 0.3 is 6.03 Å². The van der Waals surface area contributed by atoms with Gasteiger partial charge in [-0.05, 0) is 41.7 Å². The van der Waals surface area contributed by atoms with Crippen molar-refractivity contribution in [3.63, 3.8) is 0 Å². The first-order valence-electron chi connectivity index (χ1n) is 8.39. The van der Waals surface area contributed by atoms with E-state index < -0.39 is 11.8 Å². The van der Waals surface area contributed by atoms with Gasteiger partial charge in [0, 0.05) is 6.54 Å². The average molecular weight is 344 g/mol. The Labute approximate surface area is 148 Å². The minimum Gasteiger partial charge on any atom is -0.494 e. The van der Waals surface area contributed by atoms with E-state index in [4.69, 9.17) is 4.74 Å². The van der Waals surface area contributed by atoms with Gasteiger partial charge in [0.15, 0.2) is 0 Å². The van der Waals surface area contributed by atoms with Crippen molar-refractivity contribution in [2.45, 2.75) is 32.6 Å². The summed E-state index contributed by atoms with van der Waals surface area (Å²) < 4.78 is 19.1. The number of anilines is 1. The molecule has 0 unspecified atom stereocenters. The van der Waals surface area contributed by atoms with Crippen molar-refractivity contribution >= 4 is 11.7 Å². The fourth-order valence-corrected chi connectivity index (χ4v) is 2.24. The Morgan fingerprint density at radius 2 is 1.76 bits per heavy atom. The van der Waals surface area contributed by atoms with E-state index in [9.17, 15) is 9.18 Å². The molecule has 0 aliphatic heterocycles. The predicted octanol–water partition coefficient (Wildman–Crippen LogP) is 4.71. The number of ether oxygens (including phenoxy) is 1. The molecular formula is C20H25FN2O2. The SMILES string of the molecule is CC(C)(C)c1ccc(OCCCNC(=O)Nc2ccccc2F)cc1. The van der Waals surface area contributed by atoms with Crippen LogP contribution in [-0.2, 0) is 5.41 Å². The third kappa shape index (κ3) is 6.10. The molecule has 0 spiro atoms. The number of carbonyl (C=O) groups is 1. The maximum absolute atomic E-state index is 13.4. The van der Waals surface area contributed by atoms with Gasteiger partial charge in [0.2, 0.25) is 0 Å². The number of para-hydroxylation sites is 1. The van der Waals surface area contributed by atoms with Gasteiger partial charge in [-0.3, -0.25) is 0 Å². The van der Waals surface area contributed by atoms with Crippen LogP contribution in [-0.4, -0.2) is 19.2 Å². The van der Waals surface area contributed by atoms with E-state index in [1.807, 2.05) is 12.1 Å². The lowest BCUT2D eigenvalue weighted by molar-refractivity contribution is 0.250. The molecule has 0 aliphatic rings. The molecule has 0 bridgehead atoms. The summed E-state index contributed by atoms with van der Waals surface area (Å²) in [5.74, 6) is 0.350. The summed E-state index contributed by atoms with van der Waals surface area (Å²) in [6.07, 6.45) is 0.658.